The van der Waals surface area contributed by atoms with Crippen LogP contribution in [-0.2, 0) is 11.4 Å². The van der Waals surface area contributed by atoms with Gasteiger partial charge in [-0.25, -0.2) is 0 Å². The first kappa shape index (κ1) is 21.7. The summed E-state index contributed by atoms with van der Waals surface area (Å²) in [6.45, 7) is 1.71. The third-order valence-electron chi connectivity index (χ3n) is 4.66. The Hall–Kier alpha value is -2.00. The maximum absolute atomic E-state index is 12.6. The standard InChI is InChI=1S/C22H19BrCl2N2O2/c23-19-11-15(10-17(13-26)22(28)27-8-2-1-3-9-27)4-7-21(19)29-14-16-5-6-18(24)12-20(16)25/h4-7,10-12H,1-3,8-9,14H2/b17-10+. The summed E-state index contributed by atoms with van der Waals surface area (Å²) in [5.74, 6) is 0.426. The third-order valence-corrected chi connectivity index (χ3v) is 5.87. The van der Waals surface area contributed by atoms with E-state index in [0.717, 1.165) is 34.9 Å². The van der Waals surface area contributed by atoms with Crippen LogP contribution in [0.5, 0.6) is 5.75 Å². The molecule has 2 aromatic carbocycles. The smallest absolute Gasteiger partial charge is 0.264 e. The minimum absolute atomic E-state index is 0.139. The molecule has 0 saturated carbocycles. The van der Waals surface area contributed by atoms with Gasteiger partial charge in [0.1, 0.15) is 24.0 Å². The fraction of sp³-hybridized carbons (Fsp3) is 0.273. The second-order valence-electron chi connectivity index (χ2n) is 6.74. The molecule has 2 aromatic rings. The first-order valence-electron chi connectivity index (χ1n) is 9.25. The highest BCUT2D eigenvalue weighted by atomic mass is 79.9. The van der Waals surface area contributed by atoms with Crippen LogP contribution in [0.25, 0.3) is 6.08 Å². The van der Waals surface area contributed by atoms with Gasteiger partial charge in [-0.15, -0.1) is 0 Å². The summed E-state index contributed by atoms with van der Waals surface area (Å²) >= 11 is 15.6. The number of rotatable bonds is 5. The molecule has 3 rings (SSSR count). The molecule has 0 N–H and O–H groups in total. The van der Waals surface area contributed by atoms with Crippen LogP contribution in [0.3, 0.4) is 0 Å². The molecule has 0 unspecified atom stereocenters. The normalized spacial score (nSPS) is 14.4. The van der Waals surface area contributed by atoms with Gasteiger partial charge in [-0.3, -0.25) is 4.79 Å². The van der Waals surface area contributed by atoms with E-state index in [1.165, 1.54) is 0 Å². The molecule has 4 nitrogen and oxygen atoms in total. The van der Waals surface area contributed by atoms with E-state index >= 15 is 0 Å². The lowest BCUT2D eigenvalue weighted by Crippen LogP contribution is -2.36. The van der Waals surface area contributed by atoms with Gasteiger partial charge in [-0.2, -0.15) is 5.26 Å². The number of carbonyl (C=O) groups excluding carboxylic acids is 1. The first-order valence-corrected chi connectivity index (χ1v) is 10.8. The molecular formula is C22H19BrCl2N2O2. The van der Waals surface area contributed by atoms with Crippen LogP contribution in [0, 0.1) is 11.3 Å². The number of amides is 1. The molecule has 0 aromatic heterocycles. The van der Waals surface area contributed by atoms with E-state index in [2.05, 4.69) is 15.9 Å². The number of hydrogen-bond donors (Lipinski definition) is 0. The number of halogens is 3. The van der Waals surface area contributed by atoms with Gasteiger partial charge in [0.2, 0.25) is 0 Å². The van der Waals surface area contributed by atoms with Crippen LogP contribution < -0.4 is 4.74 Å². The molecule has 0 atom stereocenters. The number of likely N-dealkylation sites (tertiary alicyclic amines) is 1. The highest BCUT2D eigenvalue weighted by Crippen LogP contribution is 2.29. The van der Waals surface area contributed by atoms with Crippen molar-refractivity contribution in [2.75, 3.05) is 13.1 Å². The molecule has 150 valence electrons. The van der Waals surface area contributed by atoms with Crippen LogP contribution >= 0.6 is 39.1 Å². The van der Waals surface area contributed by atoms with Gasteiger partial charge in [-0.05, 0) is 71.1 Å². The monoisotopic (exact) mass is 492 g/mol. The number of carbonyl (C=O) groups is 1. The molecule has 1 aliphatic heterocycles. The van der Waals surface area contributed by atoms with Crippen LogP contribution in [-0.4, -0.2) is 23.9 Å². The summed E-state index contributed by atoms with van der Waals surface area (Å²) in [6.07, 6.45) is 4.71. The second kappa shape index (κ2) is 10.2. The first-order chi connectivity index (χ1) is 14.0. The zero-order valence-electron chi connectivity index (χ0n) is 15.6. The van der Waals surface area contributed by atoms with Crippen molar-refractivity contribution in [3.8, 4) is 11.8 Å². The Morgan fingerprint density at radius 3 is 2.59 bits per heavy atom. The Morgan fingerprint density at radius 2 is 1.93 bits per heavy atom. The molecule has 7 heteroatoms. The van der Waals surface area contributed by atoms with E-state index in [4.69, 9.17) is 27.9 Å². The summed E-state index contributed by atoms with van der Waals surface area (Å²) in [6, 6.07) is 12.7. The number of hydrogen-bond acceptors (Lipinski definition) is 3. The van der Waals surface area contributed by atoms with Crippen molar-refractivity contribution in [3.63, 3.8) is 0 Å². The quantitative estimate of drug-likeness (QED) is 0.365. The highest BCUT2D eigenvalue weighted by Gasteiger charge is 2.20. The lowest BCUT2D eigenvalue weighted by Gasteiger charge is -2.26. The summed E-state index contributed by atoms with van der Waals surface area (Å²) in [5, 5.41) is 10.6. The summed E-state index contributed by atoms with van der Waals surface area (Å²) in [4.78, 5) is 14.3. The van der Waals surface area contributed by atoms with Crippen molar-refractivity contribution in [3.05, 3.63) is 67.6 Å². The van der Waals surface area contributed by atoms with Crippen molar-refractivity contribution < 1.29 is 9.53 Å². The molecule has 29 heavy (non-hydrogen) atoms. The lowest BCUT2D eigenvalue weighted by atomic mass is 10.1. The van der Waals surface area contributed by atoms with Gasteiger partial charge in [0, 0.05) is 28.7 Å². The minimum Gasteiger partial charge on any atom is -0.488 e. The van der Waals surface area contributed by atoms with Crippen molar-refractivity contribution >= 4 is 51.1 Å². The minimum atomic E-state index is -0.207. The fourth-order valence-corrected chi connectivity index (χ4v) is 4.07. The zero-order valence-corrected chi connectivity index (χ0v) is 18.7. The topological polar surface area (TPSA) is 53.3 Å². The maximum Gasteiger partial charge on any atom is 0.264 e. The number of benzene rings is 2. The second-order valence-corrected chi connectivity index (χ2v) is 8.43. The van der Waals surface area contributed by atoms with Crippen molar-refractivity contribution in [1.82, 2.24) is 4.90 Å². The van der Waals surface area contributed by atoms with Gasteiger partial charge < -0.3 is 9.64 Å². The molecule has 0 bridgehead atoms. The molecule has 0 aliphatic carbocycles. The summed E-state index contributed by atoms with van der Waals surface area (Å²) in [5.41, 5.74) is 1.71. The molecule has 1 aliphatic rings. The van der Waals surface area contributed by atoms with Gasteiger partial charge in [-0.1, -0.05) is 35.3 Å². The average Bonchev–Trinajstić information content (AvgIpc) is 2.72. The van der Waals surface area contributed by atoms with Gasteiger partial charge in [0.15, 0.2) is 0 Å². The summed E-state index contributed by atoms with van der Waals surface area (Å²) in [7, 11) is 0. The van der Waals surface area contributed by atoms with E-state index in [1.54, 1.807) is 29.2 Å². The van der Waals surface area contributed by atoms with Crippen molar-refractivity contribution in [2.24, 2.45) is 0 Å². The average molecular weight is 494 g/mol. The Morgan fingerprint density at radius 1 is 1.17 bits per heavy atom. The van der Waals surface area contributed by atoms with Gasteiger partial charge >= 0.3 is 0 Å². The molecule has 0 spiro atoms. The van der Waals surface area contributed by atoms with E-state index < -0.39 is 0 Å². The number of ether oxygens (including phenoxy) is 1. The SMILES string of the molecule is N#C/C(=C\c1ccc(OCc2ccc(Cl)cc2Cl)c(Br)c1)C(=O)N1CCCCC1. The highest BCUT2D eigenvalue weighted by molar-refractivity contribution is 9.10. The van der Waals surface area contributed by atoms with Gasteiger partial charge in [0.05, 0.1) is 4.47 Å². The number of nitriles is 1. The molecular weight excluding hydrogens is 475 g/mol. The van der Waals surface area contributed by atoms with Crippen LogP contribution in [0.4, 0.5) is 0 Å². The number of nitrogens with zero attached hydrogens (tertiary/aromatic N) is 2. The zero-order chi connectivity index (χ0) is 20.8. The fourth-order valence-electron chi connectivity index (χ4n) is 3.09. The molecule has 0 radical (unpaired) electrons. The van der Waals surface area contributed by atoms with Crippen LogP contribution in [0.15, 0.2) is 46.4 Å². The Labute approximate surface area is 188 Å². The van der Waals surface area contributed by atoms with E-state index in [-0.39, 0.29) is 11.5 Å². The predicted molar refractivity (Wildman–Crippen MR) is 119 cm³/mol. The Kier molecular flexibility index (Phi) is 7.60. The Balaban J connectivity index is 1.71. The van der Waals surface area contributed by atoms with Crippen molar-refractivity contribution in [2.45, 2.75) is 25.9 Å². The summed E-state index contributed by atoms with van der Waals surface area (Å²) < 4.78 is 6.56. The Bertz CT molecular complexity index is 979. The molecule has 1 amide bonds. The predicted octanol–water partition coefficient (Wildman–Crippen LogP) is 6.25. The molecule has 1 saturated heterocycles. The number of piperidine rings is 1. The van der Waals surface area contributed by atoms with Gasteiger partial charge in [0.25, 0.3) is 5.91 Å². The van der Waals surface area contributed by atoms with E-state index in [1.807, 2.05) is 24.3 Å². The lowest BCUT2D eigenvalue weighted by molar-refractivity contribution is -0.127. The van der Waals surface area contributed by atoms with E-state index in [9.17, 15) is 10.1 Å². The molecule has 1 fully saturated rings. The molecule has 1 heterocycles. The largest absolute Gasteiger partial charge is 0.488 e. The van der Waals surface area contributed by atoms with Crippen molar-refractivity contribution in [1.29, 1.82) is 5.26 Å². The maximum atomic E-state index is 12.6. The van der Waals surface area contributed by atoms with Crippen LogP contribution in [0.1, 0.15) is 30.4 Å². The van der Waals surface area contributed by atoms with E-state index in [0.29, 0.717) is 35.5 Å². The third kappa shape index (κ3) is 5.76. The van der Waals surface area contributed by atoms with Crippen LogP contribution in [0.2, 0.25) is 10.0 Å².